The first-order valence-electron chi connectivity index (χ1n) is 4.27. The number of hydrogen-bond donors (Lipinski definition) is 3. The van der Waals surface area contributed by atoms with Crippen molar-refractivity contribution >= 4 is 16.2 Å². The molecule has 0 aromatic heterocycles. The second-order valence-corrected chi connectivity index (χ2v) is 4.68. The molecule has 0 amide bonds. The zero-order valence-corrected chi connectivity index (χ0v) is 9.26. The number of rotatable bonds is 6. The van der Waals surface area contributed by atoms with Crippen LogP contribution < -0.4 is 9.44 Å². The van der Waals surface area contributed by atoms with Gasteiger partial charge < -0.3 is 5.11 Å². The Kier molecular flexibility index (Phi) is 5.03. The van der Waals surface area contributed by atoms with E-state index in [1.165, 1.54) is 7.05 Å². The Labute approximate surface area is 83.9 Å². The average Bonchev–Trinajstić information content (AvgIpc) is 2.13. The molecule has 6 nitrogen and oxygen atoms in total. The van der Waals surface area contributed by atoms with Crippen LogP contribution in [0.4, 0.5) is 0 Å². The first kappa shape index (κ1) is 13.3. The van der Waals surface area contributed by atoms with Crippen molar-refractivity contribution in [1.29, 1.82) is 0 Å². The van der Waals surface area contributed by atoms with Crippen molar-refractivity contribution in [2.45, 2.75) is 26.3 Å². The fourth-order valence-corrected chi connectivity index (χ4v) is 1.66. The number of hydrogen-bond acceptors (Lipinski definition) is 3. The molecule has 0 aliphatic carbocycles. The molecule has 0 heterocycles. The van der Waals surface area contributed by atoms with Gasteiger partial charge in [-0.25, -0.2) is 4.72 Å². The van der Waals surface area contributed by atoms with Crippen LogP contribution in [0.1, 0.15) is 20.3 Å². The predicted octanol–water partition coefficient (Wildman–Crippen LogP) is -0.460. The van der Waals surface area contributed by atoms with Gasteiger partial charge in [-0.15, -0.1) is 0 Å². The minimum absolute atomic E-state index is 0.254. The van der Waals surface area contributed by atoms with Gasteiger partial charge in [-0.3, -0.25) is 4.79 Å². The summed E-state index contributed by atoms with van der Waals surface area (Å²) in [4.78, 5) is 10.7. The monoisotopic (exact) mass is 224 g/mol. The zero-order chi connectivity index (χ0) is 11.4. The lowest BCUT2D eigenvalue weighted by Gasteiger charge is -2.19. The fourth-order valence-electron chi connectivity index (χ4n) is 0.872. The van der Waals surface area contributed by atoms with Crippen LogP contribution in [0.15, 0.2) is 0 Å². The summed E-state index contributed by atoms with van der Waals surface area (Å²) in [7, 11) is -2.48. The largest absolute Gasteiger partial charge is 0.480 e. The highest BCUT2D eigenvalue weighted by Gasteiger charge is 2.27. The highest BCUT2D eigenvalue weighted by molar-refractivity contribution is 7.87. The zero-order valence-electron chi connectivity index (χ0n) is 8.44. The molecule has 0 rings (SSSR count). The first-order valence-corrected chi connectivity index (χ1v) is 5.76. The summed E-state index contributed by atoms with van der Waals surface area (Å²) >= 11 is 0. The molecule has 0 saturated carbocycles. The van der Waals surface area contributed by atoms with E-state index in [1.807, 2.05) is 4.72 Å². The molecule has 84 valence electrons. The van der Waals surface area contributed by atoms with E-state index in [0.717, 1.165) is 0 Å². The average molecular weight is 224 g/mol. The maximum Gasteiger partial charge on any atom is 0.322 e. The Bertz CT molecular complexity index is 288. The van der Waals surface area contributed by atoms with Crippen molar-refractivity contribution in [2.24, 2.45) is 5.92 Å². The summed E-state index contributed by atoms with van der Waals surface area (Å²) in [5.74, 6) is -1.42. The van der Waals surface area contributed by atoms with Gasteiger partial charge in [0, 0.05) is 7.05 Å². The molecule has 2 atom stereocenters. The van der Waals surface area contributed by atoms with E-state index in [0.29, 0.717) is 6.42 Å². The normalized spacial score (nSPS) is 16.2. The molecule has 0 aliphatic heterocycles. The van der Waals surface area contributed by atoms with Gasteiger partial charge in [0.1, 0.15) is 6.04 Å². The van der Waals surface area contributed by atoms with Gasteiger partial charge in [-0.2, -0.15) is 13.1 Å². The highest BCUT2D eigenvalue weighted by Crippen LogP contribution is 2.08. The molecule has 0 fully saturated rings. The summed E-state index contributed by atoms with van der Waals surface area (Å²) in [6.07, 6.45) is 0.587. The second-order valence-electron chi connectivity index (χ2n) is 3.03. The highest BCUT2D eigenvalue weighted by atomic mass is 32.2. The Morgan fingerprint density at radius 3 is 2.29 bits per heavy atom. The molecule has 0 aromatic rings. The molecule has 2 unspecified atom stereocenters. The second kappa shape index (κ2) is 5.28. The molecule has 0 aromatic carbocycles. The standard InChI is InChI=1S/C7H16N2O4S/c1-4-5(2)6(7(10)11)9-14(12,13)8-3/h5-6,8-9H,4H2,1-3H3,(H,10,11). The van der Waals surface area contributed by atoms with E-state index in [9.17, 15) is 13.2 Å². The van der Waals surface area contributed by atoms with Gasteiger partial charge in [0.15, 0.2) is 0 Å². The van der Waals surface area contributed by atoms with Crippen LogP contribution in [0.3, 0.4) is 0 Å². The molecule has 0 radical (unpaired) electrons. The molecule has 0 spiro atoms. The van der Waals surface area contributed by atoms with Crippen molar-refractivity contribution in [2.75, 3.05) is 7.05 Å². The van der Waals surface area contributed by atoms with Crippen molar-refractivity contribution in [3.8, 4) is 0 Å². The van der Waals surface area contributed by atoms with E-state index in [-0.39, 0.29) is 5.92 Å². The minimum atomic E-state index is -3.70. The van der Waals surface area contributed by atoms with Crippen LogP contribution in [-0.4, -0.2) is 32.6 Å². The maximum absolute atomic E-state index is 11.0. The molecular weight excluding hydrogens is 208 g/mol. The van der Waals surface area contributed by atoms with Gasteiger partial charge in [-0.1, -0.05) is 20.3 Å². The molecule has 0 bridgehead atoms. The van der Waals surface area contributed by atoms with Crippen molar-refractivity contribution in [3.63, 3.8) is 0 Å². The fraction of sp³-hybridized carbons (Fsp3) is 0.857. The van der Waals surface area contributed by atoms with Crippen LogP contribution in [0.2, 0.25) is 0 Å². The molecule has 14 heavy (non-hydrogen) atoms. The molecule has 0 saturated heterocycles. The number of carboxylic acids is 1. The van der Waals surface area contributed by atoms with E-state index >= 15 is 0 Å². The van der Waals surface area contributed by atoms with E-state index in [2.05, 4.69) is 4.72 Å². The summed E-state index contributed by atoms with van der Waals surface area (Å²) in [5, 5.41) is 8.78. The van der Waals surface area contributed by atoms with Crippen molar-refractivity contribution in [3.05, 3.63) is 0 Å². The molecule has 3 N–H and O–H groups in total. The van der Waals surface area contributed by atoms with Gasteiger partial charge in [0.2, 0.25) is 0 Å². The van der Waals surface area contributed by atoms with Crippen LogP contribution in [0.5, 0.6) is 0 Å². The SMILES string of the molecule is CCC(C)C(NS(=O)(=O)NC)C(=O)O. The summed E-state index contributed by atoms with van der Waals surface area (Å²) in [6.45, 7) is 3.48. The lowest BCUT2D eigenvalue weighted by Crippen LogP contribution is -2.48. The summed E-state index contributed by atoms with van der Waals surface area (Å²) in [6, 6.07) is -1.09. The van der Waals surface area contributed by atoms with Gasteiger partial charge in [0.05, 0.1) is 0 Å². The Balaban J connectivity index is 4.63. The number of aliphatic carboxylic acids is 1. The first-order chi connectivity index (χ1) is 6.34. The maximum atomic E-state index is 11.0. The smallest absolute Gasteiger partial charge is 0.322 e. The Morgan fingerprint density at radius 2 is 2.00 bits per heavy atom. The third-order valence-electron chi connectivity index (χ3n) is 2.03. The molecule has 7 heteroatoms. The third-order valence-corrected chi connectivity index (χ3v) is 3.13. The third kappa shape index (κ3) is 4.03. The quantitative estimate of drug-likeness (QED) is 0.569. The predicted molar refractivity (Wildman–Crippen MR) is 52.0 cm³/mol. The van der Waals surface area contributed by atoms with Crippen LogP contribution in [-0.2, 0) is 15.0 Å². The Hall–Kier alpha value is -0.660. The van der Waals surface area contributed by atoms with E-state index in [1.54, 1.807) is 13.8 Å². The summed E-state index contributed by atoms with van der Waals surface area (Å²) in [5.41, 5.74) is 0. The van der Waals surface area contributed by atoms with Gasteiger partial charge >= 0.3 is 5.97 Å². The van der Waals surface area contributed by atoms with E-state index < -0.39 is 22.2 Å². The number of carboxylic acid groups (broad SMARTS) is 1. The summed E-state index contributed by atoms with van der Waals surface area (Å²) < 4.78 is 26.2. The van der Waals surface area contributed by atoms with Crippen molar-refractivity contribution < 1.29 is 18.3 Å². The molecular formula is C7H16N2O4S. The number of nitrogens with one attached hydrogen (secondary N) is 2. The minimum Gasteiger partial charge on any atom is -0.480 e. The number of carbonyl (C=O) groups is 1. The van der Waals surface area contributed by atoms with Crippen LogP contribution in [0.25, 0.3) is 0 Å². The lowest BCUT2D eigenvalue weighted by molar-refractivity contribution is -0.140. The van der Waals surface area contributed by atoms with Crippen molar-refractivity contribution in [1.82, 2.24) is 9.44 Å². The molecule has 0 aliphatic rings. The Morgan fingerprint density at radius 1 is 1.50 bits per heavy atom. The van der Waals surface area contributed by atoms with Gasteiger partial charge in [-0.05, 0) is 5.92 Å². The topological polar surface area (TPSA) is 95.5 Å². The van der Waals surface area contributed by atoms with E-state index in [4.69, 9.17) is 5.11 Å². The van der Waals surface area contributed by atoms with Crippen LogP contribution in [0, 0.1) is 5.92 Å². The van der Waals surface area contributed by atoms with Gasteiger partial charge in [0.25, 0.3) is 10.2 Å². The lowest BCUT2D eigenvalue weighted by atomic mass is 10.0. The van der Waals surface area contributed by atoms with Crippen LogP contribution >= 0.6 is 0 Å².